The standard InChI is InChI=1S/C15H11N3O4/c1-8-3-2-4-12(16-8)18-13(19)10-6-5-9(14(20)21)7-11(10)17-15(18)22/h2-7H,1H3,(H,17,22)(H,20,21). The van der Waals surface area contributed by atoms with Crippen LogP contribution in [-0.4, -0.2) is 25.6 Å². The molecule has 110 valence electrons. The molecular formula is C15H11N3O4. The van der Waals surface area contributed by atoms with Crippen molar-refractivity contribution in [2.24, 2.45) is 0 Å². The van der Waals surface area contributed by atoms with Crippen LogP contribution in [0.4, 0.5) is 0 Å². The van der Waals surface area contributed by atoms with Crippen molar-refractivity contribution in [3.8, 4) is 5.82 Å². The summed E-state index contributed by atoms with van der Waals surface area (Å²) in [6.45, 7) is 1.75. The van der Waals surface area contributed by atoms with Crippen LogP contribution in [0.1, 0.15) is 16.1 Å². The summed E-state index contributed by atoms with van der Waals surface area (Å²) in [5.41, 5.74) is -0.371. The van der Waals surface area contributed by atoms with Gasteiger partial charge in [0.25, 0.3) is 5.56 Å². The number of H-pyrrole nitrogens is 1. The van der Waals surface area contributed by atoms with Gasteiger partial charge in [0.1, 0.15) is 5.82 Å². The van der Waals surface area contributed by atoms with Gasteiger partial charge in [0, 0.05) is 5.69 Å². The minimum Gasteiger partial charge on any atom is -0.478 e. The molecule has 0 aliphatic carbocycles. The second kappa shape index (κ2) is 4.96. The third-order valence-electron chi connectivity index (χ3n) is 3.25. The van der Waals surface area contributed by atoms with Gasteiger partial charge in [-0.1, -0.05) is 6.07 Å². The number of fused-ring (bicyclic) bond motifs is 1. The Morgan fingerprint density at radius 1 is 1.23 bits per heavy atom. The van der Waals surface area contributed by atoms with Crippen molar-refractivity contribution in [2.75, 3.05) is 0 Å². The van der Waals surface area contributed by atoms with Crippen LogP contribution in [0.3, 0.4) is 0 Å². The van der Waals surface area contributed by atoms with Crippen molar-refractivity contribution in [1.29, 1.82) is 0 Å². The van der Waals surface area contributed by atoms with Crippen molar-refractivity contribution in [3.63, 3.8) is 0 Å². The van der Waals surface area contributed by atoms with Crippen molar-refractivity contribution >= 4 is 16.9 Å². The Morgan fingerprint density at radius 2 is 2.00 bits per heavy atom. The highest BCUT2D eigenvalue weighted by Gasteiger charge is 2.12. The first-order valence-electron chi connectivity index (χ1n) is 6.44. The minimum absolute atomic E-state index is 0.00557. The molecule has 2 aromatic heterocycles. The number of hydrogen-bond donors (Lipinski definition) is 2. The third-order valence-corrected chi connectivity index (χ3v) is 3.25. The van der Waals surface area contributed by atoms with Crippen LogP contribution < -0.4 is 11.2 Å². The number of aromatic nitrogens is 3. The molecule has 2 heterocycles. The molecule has 3 aromatic rings. The lowest BCUT2D eigenvalue weighted by molar-refractivity contribution is 0.0697. The van der Waals surface area contributed by atoms with E-state index in [1.165, 1.54) is 18.2 Å². The Labute approximate surface area is 123 Å². The lowest BCUT2D eigenvalue weighted by atomic mass is 10.1. The van der Waals surface area contributed by atoms with E-state index in [1.807, 2.05) is 0 Å². The quantitative estimate of drug-likeness (QED) is 0.736. The van der Waals surface area contributed by atoms with Crippen LogP contribution in [0.15, 0.2) is 46.0 Å². The Bertz CT molecular complexity index is 1020. The molecule has 22 heavy (non-hydrogen) atoms. The highest BCUT2D eigenvalue weighted by Crippen LogP contribution is 2.10. The Kier molecular flexibility index (Phi) is 3.10. The number of rotatable bonds is 2. The SMILES string of the molecule is Cc1cccc(-n2c(=O)[nH]c3cc(C(=O)O)ccc3c2=O)n1. The van der Waals surface area contributed by atoms with E-state index in [4.69, 9.17) is 5.11 Å². The molecule has 0 aliphatic rings. The van der Waals surface area contributed by atoms with Gasteiger partial charge in [0.2, 0.25) is 0 Å². The van der Waals surface area contributed by atoms with Gasteiger partial charge in [0.05, 0.1) is 16.5 Å². The summed E-state index contributed by atoms with van der Waals surface area (Å²) in [5, 5.41) is 9.18. The second-order valence-corrected chi connectivity index (χ2v) is 4.77. The van der Waals surface area contributed by atoms with E-state index in [0.29, 0.717) is 5.69 Å². The lowest BCUT2D eigenvalue weighted by Crippen LogP contribution is -2.34. The number of aryl methyl sites for hydroxylation is 1. The van der Waals surface area contributed by atoms with E-state index in [1.54, 1.807) is 25.1 Å². The lowest BCUT2D eigenvalue weighted by Gasteiger charge is -2.06. The van der Waals surface area contributed by atoms with Crippen LogP contribution >= 0.6 is 0 Å². The molecule has 2 N–H and O–H groups in total. The average Bonchev–Trinajstić information content (AvgIpc) is 2.46. The number of benzene rings is 1. The Morgan fingerprint density at radius 3 is 2.68 bits per heavy atom. The smallest absolute Gasteiger partial charge is 0.335 e. The fourth-order valence-electron chi connectivity index (χ4n) is 2.21. The summed E-state index contributed by atoms with van der Waals surface area (Å²) in [5.74, 6) is -0.914. The maximum Gasteiger partial charge on any atom is 0.335 e. The second-order valence-electron chi connectivity index (χ2n) is 4.77. The van der Waals surface area contributed by atoms with Crippen LogP contribution in [0, 0.1) is 6.92 Å². The Hall–Kier alpha value is -3.22. The molecule has 0 saturated carbocycles. The molecular weight excluding hydrogens is 286 g/mol. The number of carbonyl (C=O) groups is 1. The summed E-state index contributed by atoms with van der Waals surface area (Å²) in [4.78, 5) is 42.3. The maximum absolute atomic E-state index is 12.5. The molecule has 3 rings (SSSR count). The zero-order valence-corrected chi connectivity index (χ0v) is 11.5. The van der Waals surface area contributed by atoms with Crippen LogP contribution in [0.25, 0.3) is 16.7 Å². The number of nitrogens with one attached hydrogen (secondary N) is 1. The number of carboxylic acids is 1. The summed E-state index contributed by atoms with van der Waals surface area (Å²) < 4.78 is 0.926. The van der Waals surface area contributed by atoms with E-state index in [0.717, 1.165) is 4.57 Å². The fraction of sp³-hybridized carbons (Fsp3) is 0.0667. The number of hydrogen-bond acceptors (Lipinski definition) is 4. The van der Waals surface area contributed by atoms with Gasteiger partial charge in [-0.3, -0.25) is 4.79 Å². The van der Waals surface area contributed by atoms with Crippen molar-refractivity contribution < 1.29 is 9.90 Å². The van der Waals surface area contributed by atoms with Crippen molar-refractivity contribution in [2.45, 2.75) is 6.92 Å². The van der Waals surface area contributed by atoms with Gasteiger partial charge in [-0.15, -0.1) is 0 Å². The summed E-state index contributed by atoms with van der Waals surface area (Å²) in [6, 6.07) is 8.96. The van der Waals surface area contributed by atoms with Crippen LogP contribution in [-0.2, 0) is 0 Å². The Balaban J connectivity index is 2.35. The molecule has 0 radical (unpaired) electrons. The summed E-state index contributed by atoms with van der Waals surface area (Å²) in [6.07, 6.45) is 0. The average molecular weight is 297 g/mol. The summed E-state index contributed by atoms with van der Waals surface area (Å²) in [7, 11) is 0. The van der Waals surface area contributed by atoms with E-state index in [2.05, 4.69) is 9.97 Å². The molecule has 0 amide bonds. The van der Waals surface area contributed by atoms with Crippen molar-refractivity contribution in [3.05, 3.63) is 68.5 Å². The van der Waals surface area contributed by atoms with Gasteiger partial charge in [0.15, 0.2) is 0 Å². The van der Waals surface area contributed by atoms with E-state index < -0.39 is 17.2 Å². The molecule has 0 atom stereocenters. The van der Waals surface area contributed by atoms with E-state index in [9.17, 15) is 14.4 Å². The maximum atomic E-state index is 12.5. The molecule has 0 spiro atoms. The molecule has 7 heteroatoms. The van der Waals surface area contributed by atoms with Crippen molar-refractivity contribution in [1.82, 2.24) is 14.5 Å². The van der Waals surface area contributed by atoms with Gasteiger partial charge < -0.3 is 10.1 Å². The third kappa shape index (κ3) is 2.18. The predicted molar refractivity (Wildman–Crippen MR) is 79.7 cm³/mol. The highest BCUT2D eigenvalue weighted by atomic mass is 16.4. The number of pyridine rings is 1. The number of carboxylic acid groups (broad SMARTS) is 1. The van der Waals surface area contributed by atoms with E-state index in [-0.39, 0.29) is 22.3 Å². The molecule has 0 saturated heterocycles. The highest BCUT2D eigenvalue weighted by molar-refractivity contribution is 5.92. The molecule has 0 bridgehead atoms. The zero-order valence-electron chi connectivity index (χ0n) is 11.5. The first-order valence-corrected chi connectivity index (χ1v) is 6.44. The van der Waals surface area contributed by atoms with Gasteiger partial charge in [-0.25, -0.2) is 19.1 Å². The molecule has 1 aromatic carbocycles. The monoisotopic (exact) mass is 297 g/mol. The number of aromatic carboxylic acids is 1. The number of aromatic amines is 1. The van der Waals surface area contributed by atoms with Crippen LogP contribution in [0.2, 0.25) is 0 Å². The fourth-order valence-corrected chi connectivity index (χ4v) is 2.21. The molecule has 0 unspecified atom stereocenters. The normalized spacial score (nSPS) is 10.8. The van der Waals surface area contributed by atoms with Gasteiger partial charge in [-0.05, 0) is 37.3 Å². The topological polar surface area (TPSA) is 105 Å². The first kappa shape index (κ1) is 13.7. The minimum atomic E-state index is -1.13. The predicted octanol–water partition coefficient (Wildman–Crippen LogP) is 1.08. The number of nitrogens with zero attached hydrogens (tertiary/aromatic N) is 2. The summed E-state index contributed by atoms with van der Waals surface area (Å²) >= 11 is 0. The van der Waals surface area contributed by atoms with Crippen LogP contribution in [0.5, 0.6) is 0 Å². The molecule has 7 nitrogen and oxygen atoms in total. The zero-order chi connectivity index (χ0) is 15.9. The van der Waals surface area contributed by atoms with E-state index >= 15 is 0 Å². The first-order chi connectivity index (χ1) is 10.5. The largest absolute Gasteiger partial charge is 0.478 e. The van der Waals surface area contributed by atoms with Gasteiger partial charge >= 0.3 is 11.7 Å². The molecule has 0 fully saturated rings. The molecule has 0 aliphatic heterocycles. The van der Waals surface area contributed by atoms with Gasteiger partial charge in [-0.2, -0.15) is 0 Å².